The van der Waals surface area contributed by atoms with Gasteiger partial charge in [-0.1, -0.05) is 15.9 Å². The van der Waals surface area contributed by atoms with E-state index < -0.39 is 0 Å². The van der Waals surface area contributed by atoms with E-state index in [-0.39, 0.29) is 12.6 Å². The van der Waals surface area contributed by atoms with E-state index in [9.17, 15) is 5.11 Å². The maximum atomic E-state index is 9.56. The number of hydrogen-bond donors (Lipinski definition) is 1. The number of aryl methyl sites for hydroxylation is 1. The first-order valence-corrected chi connectivity index (χ1v) is 7.66. The van der Waals surface area contributed by atoms with Crippen LogP contribution in [0.15, 0.2) is 22.7 Å². The highest BCUT2D eigenvalue weighted by Crippen LogP contribution is 2.27. The molecule has 0 aromatic heterocycles. The molecule has 1 fully saturated rings. The smallest absolute Gasteiger partial charge is 0.0604 e. The second kappa shape index (κ2) is 6.25. The Balaban J connectivity index is 2.27. The molecule has 2 atom stereocenters. The van der Waals surface area contributed by atoms with E-state index in [4.69, 9.17) is 0 Å². The molecule has 19 heavy (non-hydrogen) atoms. The predicted molar refractivity (Wildman–Crippen MR) is 83.8 cm³/mol. The Morgan fingerprint density at radius 1 is 1.42 bits per heavy atom. The van der Waals surface area contributed by atoms with Gasteiger partial charge < -0.3 is 10.0 Å². The second-order valence-corrected chi connectivity index (χ2v) is 6.39. The number of anilines is 1. The van der Waals surface area contributed by atoms with Gasteiger partial charge >= 0.3 is 0 Å². The van der Waals surface area contributed by atoms with Crippen LogP contribution in [0.4, 0.5) is 5.69 Å². The first kappa shape index (κ1) is 14.8. The number of halogens is 1. The Morgan fingerprint density at radius 3 is 2.79 bits per heavy atom. The minimum Gasteiger partial charge on any atom is -0.395 e. The van der Waals surface area contributed by atoms with Gasteiger partial charge in [-0.2, -0.15) is 0 Å². The molecule has 0 amide bonds. The van der Waals surface area contributed by atoms with E-state index in [1.165, 1.54) is 11.3 Å². The van der Waals surface area contributed by atoms with Crippen LogP contribution in [0.3, 0.4) is 0 Å². The van der Waals surface area contributed by atoms with Crippen molar-refractivity contribution in [1.29, 1.82) is 0 Å². The summed E-state index contributed by atoms with van der Waals surface area (Å²) in [5, 5.41) is 9.56. The molecule has 4 heteroatoms. The normalized spacial score (nSPS) is 25.4. The van der Waals surface area contributed by atoms with Crippen molar-refractivity contribution in [1.82, 2.24) is 4.90 Å². The summed E-state index contributed by atoms with van der Waals surface area (Å²) < 4.78 is 1.15. The Kier molecular flexibility index (Phi) is 4.87. The molecule has 2 unspecified atom stereocenters. The zero-order valence-electron chi connectivity index (χ0n) is 11.9. The summed E-state index contributed by atoms with van der Waals surface area (Å²) in [4.78, 5) is 4.69. The van der Waals surface area contributed by atoms with Gasteiger partial charge in [0.1, 0.15) is 0 Å². The van der Waals surface area contributed by atoms with Crippen LogP contribution in [0.5, 0.6) is 0 Å². The van der Waals surface area contributed by atoms with E-state index in [0.29, 0.717) is 6.04 Å². The van der Waals surface area contributed by atoms with Crippen LogP contribution in [-0.4, -0.2) is 48.8 Å². The van der Waals surface area contributed by atoms with Crippen molar-refractivity contribution in [3.8, 4) is 0 Å². The molecular weight excluding hydrogens is 304 g/mol. The topological polar surface area (TPSA) is 26.7 Å². The quantitative estimate of drug-likeness (QED) is 0.905. The van der Waals surface area contributed by atoms with Crippen LogP contribution in [-0.2, 0) is 0 Å². The Bertz CT molecular complexity index is 438. The van der Waals surface area contributed by atoms with E-state index in [1.807, 2.05) is 0 Å². The molecule has 1 aromatic carbocycles. The fourth-order valence-electron chi connectivity index (χ4n) is 2.64. The molecule has 106 valence electrons. The maximum absolute atomic E-state index is 9.56. The average molecular weight is 327 g/mol. The third kappa shape index (κ3) is 3.30. The fourth-order valence-corrected chi connectivity index (χ4v) is 2.89. The Labute approximate surface area is 124 Å². The van der Waals surface area contributed by atoms with Gasteiger partial charge in [0.25, 0.3) is 0 Å². The number of aliphatic hydroxyl groups excluding tert-OH is 1. The fraction of sp³-hybridized carbons (Fsp3) is 0.600. The minimum atomic E-state index is 0.217. The lowest BCUT2D eigenvalue weighted by Gasteiger charge is -2.32. The lowest BCUT2D eigenvalue weighted by atomic mass is 10.1. The van der Waals surface area contributed by atoms with Crippen molar-refractivity contribution in [2.45, 2.75) is 32.4 Å². The molecular formula is C15H23BrN2O. The second-order valence-electron chi connectivity index (χ2n) is 5.54. The first-order chi connectivity index (χ1) is 9.02. The lowest BCUT2D eigenvalue weighted by molar-refractivity contribution is 0.159. The Hall–Kier alpha value is -0.580. The van der Waals surface area contributed by atoms with E-state index in [1.54, 1.807) is 0 Å². The predicted octanol–water partition coefficient (Wildman–Crippen LogP) is 2.65. The highest BCUT2D eigenvalue weighted by molar-refractivity contribution is 9.10. The van der Waals surface area contributed by atoms with Crippen molar-refractivity contribution in [2.24, 2.45) is 0 Å². The van der Waals surface area contributed by atoms with Gasteiger partial charge in [-0.05, 0) is 51.1 Å². The van der Waals surface area contributed by atoms with Crippen LogP contribution in [0.25, 0.3) is 0 Å². The van der Waals surface area contributed by atoms with Crippen molar-refractivity contribution >= 4 is 21.6 Å². The van der Waals surface area contributed by atoms with E-state index in [2.05, 4.69) is 64.8 Å². The van der Waals surface area contributed by atoms with Crippen LogP contribution in [0.2, 0.25) is 0 Å². The first-order valence-electron chi connectivity index (χ1n) is 6.87. The zero-order valence-corrected chi connectivity index (χ0v) is 13.5. The SMILES string of the molecule is Cc1cc(N2CC(CO)N(C)CCC2C)ccc1Br. The molecule has 0 spiro atoms. The number of nitrogens with zero attached hydrogens (tertiary/aromatic N) is 2. The highest BCUT2D eigenvalue weighted by Gasteiger charge is 2.26. The molecule has 0 aliphatic carbocycles. The van der Waals surface area contributed by atoms with Crippen molar-refractivity contribution in [3.63, 3.8) is 0 Å². The summed E-state index contributed by atoms with van der Waals surface area (Å²) in [6.45, 7) is 6.53. The maximum Gasteiger partial charge on any atom is 0.0604 e. The molecule has 0 saturated carbocycles. The summed E-state index contributed by atoms with van der Waals surface area (Å²) in [5.74, 6) is 0. The summed E-state index contributed by atoms with van der Waals surface area (Å²) in [6.07, 6.45) is 1.13. The molecule has 2 rings (SSSR count). The number of hydrogen-bond acceptors (Lipinski definition) is 3. The monoisotopic (exact) mass is 326 g/mol. The number of aliphatic hydroxyl groups is 1. The molecule has 1 aromatic rings. The molecule has 1 aliphatic heterocycles. The minimum absolute atomic E-state index is 0.217. The van der Waals surface area contributed by atoms with E-state index >= 15 is 0 Å². The summed E-state index contributed by atoms with van der Waals surface area (Å²) in [5.41, 5.74) is 2.50. The standard InChI is InChI=1S/C15H23BrN2O/c1-11-8-13(4-5-15(11)16)18-9-14(10-19)17(3)7-6-12(18)2/h4-5,8,12,14,19H,6-7,9-10H2,1-3H3. The third-order valence-electron chi connectivity index (χ3n) is 4.15. The number of benzene rings is 1. The van der Waals surface area contributed by atoms with Gasteiger partial charge in [0.2, 0.25) is 0 Å². The van der Waals surface area contributed by atoms with Gasteiger partial charge in [-0.25, -0.2) is 0 Å². The van der Waals surface area contributed by atoms with Gasteiger partial charge in [0.15, 0.2) is 0 Å². The molecule has 1 heterocycles. The molecule has 3 nitrogen and oxygen atoms in total. The summed E-state index contributed by atoms with van der Waals surface area (Å²) in [7, 11) is 2.10. The van der Waals surface area contributed by atoms with Crippen molar-refractivity contribution < 1.29 is 5.11 Å². The van der Waals surface area contributed by atoms with Crippen LogP contribution < -0.4 is 4.90 Å². The molecule has 0 radical (unpaired) electrons. The summed E-state index contributed by atoms with van der Waals surface area (Å²) >= 11 is 3.55. The Morgan fingerprint density at radius 2 is 2.16 bits per heavy atom. The zero-order chi connectivity index (χ0) is 14.0. The van der Waals surface area contributed by atoms with Crippen molar-refractivity contribution in [2.75, 3.05) is 31.6 Å². The van der Waals surface area contributed by atoms with Gasteiger partial charge in [-0.3, -0.25) is 4.90 Å². The molecule has 1 aliphatic rings. The van der Waals surface area contributed by atoms with Gasteiger partial charge in [0.05, 0.1) is 6.61 Å². The van der Waals surface area contributed by atoms with Crippen LogP contribution >= 0.6 is 15.9 Å². The van der Waals surface area contributed by atoms with Gasteiger partial charge in [-0.15, -0.1) is 0 Å². The number of likely N-dealkylation sites (N-methyl/N-ethyl adjacent to an activating group) is 1. The van der Waals surface area contributed by atoms with Crippen LogP contribution in [0.1, 0.15) is 18.9 Å². The third-order valence-corrected chi connectivity index (χ3v) is 5.04. The molecule has 1 saturated heterocycles. The summed E-state index contributed by atoms with van der Waals surface area (Å²) in [6, 6.07) is 7.21. The molecule has 0 bridgehead atoms. The van der Waals surface area contributed by atoms with E-state index in [0.717, 1.165) is 24.0 Å². The van der Waals surface area contributed by atoms with Crippen LogP contribution in [0, 0.1) is 6.92 Å². The lowest BCUT2D eigenvalue weighted by Crippen LogP contribution is -2.43. The molecule has 1 N–H and O–H groups in total. The van der Waals surface area contributed by atoms with Gasteiger partial charge in [0, 0.05) is 35.3 Å². The largest absolute Gasteiger partial charge is 0.395 e. The number of rotatable bonds is 2. The van der Waals surface area contributed by atoms with Crippen molar-refractivity contribution in [3.05, 3.63) is 28.2 Å². The highest BCUT2D eigenvalue weighted by atomic mass is 79.9. The average Bonchev–Trinajstić information content (AvgIpc) is 2.53.